The van der Waals surface area contributed by atoms with Gasteiger partial charge in [-0.1, -0.05) is 65.9 Å². The maximum Gasteiger partial charge on any atom is 0.338 e. The number of aromatic nitrogens is 2. The van der Waals surface area contributed by atoms with Crippen molar-refractivity contribution in [1.29, 1.82) is 0 Å². The van der Waals surface area contributed by atoms with Gasteiger partial charge in [0.25, 0.3) is 5.56 Å². The summed E-state index contributed by atoms with van der Waals surface area (Å²) in [4.78, 5) is 32.0. The van der Waals surface area contributed by atoms with Gasteiger partial charge in [-0.25, -0.2) is 9.79 Å². The predicted molar refractivity (Wildman–Crippen MR) is 139 cm³/mol. The van der Waals surface area contributed by atoms with Gasteiger partial charge < -0.3 is 9.30 Å². The number of ether oxygens (including phenoxy) is 1. The lowest BCUT2D eigenvalue weighted by Gasteiger charge is -2.24. The molecule has 0 bridgehead atoms. The first-order valence-corrected chi connectivity index (χ1v) is 12.3. The van der Waals surface area contributed by atoms with Crippen molar-refractivity contribution in [1.82, 2.24) is 9.13 Å². The van der Waals surface area contributed by atoms with E-state index < -0.39 is 12.0 Å². The van der Waals surface area contributed by atoms with E-state index in [1.165, 1.54) is 11.3 Å². The highest BCUT2D eigenvalue weighted by molar-refractivity contribution is 7.07. The fourth-order valence-corrected chi connectivity index (χ4v) is 5.60. The molecule has 2 aromatic carbocycles. The Bertz CT molecular complexity index is 1650. The fraction of sp³-hybridized carbons (Fsp3) is 0.179. The minimum atomic E-state index is -0.601. The van der Waals surface area contributed by atoms with Gasteiger partial charge in [0.2, 0.25) is 0 Å². The van der Waals surface area contributed by atoms with E-state index in [4.69, 9.17) is 4.74 Å². The zero-order valence-corrected chi connectivity index (χ0v) is 20.4. The van der Waals surface area contributed by atoms with Crippen LogP contribution < -0.4 is 14.9 Å². The molecule has 2 aromatic heterocycles. The van der Waals surface area contributed by atoms with Gasteiger partial charge in [-0.15, -0.1) is 6.58 Å². The van der Waals surface area contributed by atoms with Crippen LogP contribution in [0.1, 0.15) is 31.0 Å². The Kier molecular flexibility index (Phi) is 6.09. The highest BCUT2D eigenvalue weighted by Crippen LogP contribution is 2.30. The summed E-state index contributed by atoms with van der Waals surface area (Å²) in [7, 11) is 0. The Hall–Kier alpha value is -3.97. The van der Waals surface area contributed by atoms with E-state index in [0.717, 1.165) is 22.0 Å². The molecule has 6 nitrogen and oxygen atoms in total. The van der Waals surface area contributed by atoms with E-state index in [-0.39, 0.29) is 12.2 Å². The minimum Gasteiger partial charge on any atom is -0.463 e. The number of benzene rings is 2. The molecule has 0 fully saturated rings. The number of carbonyl (C=O) groups is 1. The first kappa shape index (κ1) is 22.8. The van der Waals surface area contributed by atoms with E-state index in [0.29, 0.717) is 27.1 Å². The van der Waals surface area contributed by atoms with Crippen molar-refractivity contribution in [3.8, 4) is 0 Å². The van der Waals surface area contributed by atoms with Crippen molar-refractivity contribution >= 4 is 34.3 Å². The lowest BCUT2D eigenvalue weighted by Crippen LogP contribution is -2.39. The summed E-state index contributed by atoms with van der Waals surface area (Å²) in [5, 5.41) is 1.06. The lowest BCUT2D eigenvalue weighted by molar-refractivity contribution is -0.139. The van der Waals surface area contributed by atoms with Crippen molar-refractivity contribution in [3.63, 3.8) is 0 Å². The van der Waals surface area contributed by atoms with Crippen LogP contribution in [0, 0.1) is 0 Å². The number of hydrogen-bond acceptors (Lipinski definition) is 5. The Morgan fingerprint density at radius 3 is 2.66 bits per heavy atom. The van der Waals surface area contributed by atoms with Crippen LogP contribution in [-0.4, -0.2) is 21.7 Å². The predicted octanol–water partition coefficient (Wildman–Crippen LogP) is 3.94. The lowest BCUT2D eigenvalue weighted by atomic mass is 9.96. The number of esters is 1. The summed E-state index contributed by atoms with van der Waals surface area (Å²) in [6, 6.07) is 17.0. The molecule has 5 rings (SSSR count). The highest BCUT2D eigenvalue weighted by Gasteiger charge is 2.33. The third-order valence-corrected chi connectivity index (χ3v) is 7.05. The number of hydrogen-bond donors (Lipinski definition) is 0. The second kappa shape index (κ2) is 9.35. The summed E-state index contributed by atoms with van der Waals surface area (Å²) in [5.74, 6) is -0.454. The Morgan fingerprint density at radius 1 is 1.17 bits per heavy atom. The molecule has 4 aromatic rings. The molecule has 1 aliphatic heterocycles. The van der Waals surface area contributed by atoms with Crippen LogP contribution >= 0.6 is 11.3 Å². The van der Waals surface area contributed by atoms with Gasteiger partial charge in [-0.2, -0.15) is 0 Å². The van der Waals surface area contributed by atoms with Crippen molar-refractivity contribution in [2.45, 2.75) is 26.4 Å². The van der Waals surface area contributed by atoms with Crippen LogP contribution in [0.3, 0.4) is 0 Å². The number of rotatable bonds is 6. The van der Waals surface area contributed by atoms with Crippen LogP contribution in [0.2, 0.25) is 0 Å². The first-order valence-electron chi connectivity index (χ1n) is 11.5. The van der Waals surface area contributed by atoms with E-state index in [2.05, 4.69) is 22.2 Å². The first-order chi connectivity index (χ1) is 17.0. The largest absolute Gasteiger partial charge is 0.463 e. The number of fused-ring (bicyclic) bond motifs is 2. The van der Waals surface area contributed by atoms with Crippen LogP contribution in [0.15, 0.2) is 94.5 Å². The molecule has 0 N–H and O–H groups in total. The van der Waals surface area contributed by atoms with E-state index in [9.17, 15) is 9.59 Å². The van der Waals surface area contributed by atoms with E-state index in [1.807, 2.05) is 66.9 Å². The number of para-hydroxylation sites is 1. The molecule has 1 atom stereocenters. The number of allylic oxidation sites excluding steroid dienone is 2. The monoisotopic (exact) mass is 483 g/mol. The van der Waals surface area contributed by atoms with Crippen molar-refractivity contribution in [3.05, 3.63) is 116 Å². The molecular formula is C28H25N3O3S. The zero-order chi connectivity index (χ0) is 24.5. The Morgan fingerprint density at radius 2 is 1.91 bits per heavy atom. The third kappa shape index (κ3) is 3.98. The van der Waals surface area contributed by atoms with Gasteiger partial charge >= 0.3 is 5.97 Å². The minimum absolute atomic E-state index is 0.183. The average Bonchev–Trinajstić information content (AvgIpc) is 3.36. The maximum atomic E-state index is 13.8. The third-order valence-electron chi connectivity index (χ3n) is 6.06. The van der Waals surface area contributed by atoms with Crippen molar-refractivity contribution in [2.75, 3.05) is 6.61 Å². The highest BCUT2D eigenvalue weighted by atomic mass is 32.1. The Balaban J connectivity index is 1.74. The zero-order valence-electron chi connectivity index (χ0n) is 19.6. The molecule has 0 amide bonds. The van der Waals surface area contributed by atoms with Gasteiger partial charge in [0.15, 0.2) is 4.80 Å². The molecular weight excluding hydrogens is 458 g/mol. The summed E-state index contributed by atoms with van der Waals surface area (Å²) >= 11 is 1.33. The molecule has 3 heterocycles. The smallest absolute Gasteiger partial charge is 0.338 e. The van der Waals surface area contributed by atoms with E-state index in [1.54, 1.807) is 18.4 Å². The van der Waals surface area contributed by atoms with Gasteiger partial charge in [0.05, 0.1) is 28.5 Å². The molecule has 0 saturated heterocycles. The summed E-state index contributed by atoms with van der Waals surface area (Å²) in [6.45, 7) is 8.34. The van der Waals surface area contributed by atoms with Crippen molar-refractivity contribution < 1.29 is 9.53 Å². The van der Waals surface area contributed by atoms with Crippen LogP contribution in [0.4, 0.5) is 0 Å². The quantitative estimate of drug-likeness (QED) is 0.308. The summed E-state index contributed by atoms with van der Waals surface area (Å²) in [5.41, 5.74) is 3.63. The van der Waals surface area contributed by atoms with Crippen molar-refractivity contribution in [2.24, 2.45) is 4.99 Å². The topological polar surface area (TPSA) is 65.6 Å². The molecule has 0 aliphatic carbocycles. The van der Waals surface area contributed by atoms with Crippen LogP contribution in [0.5, 0.6) is 0 Å². The molecule has 0 unspecified atom stereocenters. The van der Waals surface area contributed by atoms with Gasteiger partial charge in [0, 0.05) is 29.2 Å². The maximum absolute atomic E-state index is 13.8. The van der Waals surface area contributed by atoms with Crippen LogP contribution in [-0.2, 0) is 16.1 Å². The number of nitrogens with zero attached hydrogens (tertiary/aromatic N) is 3. The molecule has 1 aliphatic rings. The Labute approximate surface area is 206 Å². The molecule has 0 spiro atoms. The molecule has 7 heteroatoms. The molecule has 0 saturated carbocycles. The number of thiazole rings is 1. The second-order valence-electron chi connectivity index (χ2n) is 8.26. The van der Waals surface area contributed by atoms with Crippen LogP contribution in [0.25, 0.3) is 17.0 Å². The summed E-state index contributed by atoms with van der Waals surface area (Å²) < 4.78 is 9.64. The summed E-state index contributed by atoms with van der Waals surface area (Å²) in [6.07, 6.45) is 5.80. The van der Waals surface area contributed by atoms with E-state index >= 15 is 0 Å². The SMILES string of the molecule is C=CCn1cc(/C=c2\sc3n(c2=O)[C@@H](c2ccccc2)C(C(=O)OCC)=C(C)N=3)c2ccccc21. The normalized spacial score (nSPS) is 15.7. The second-order valence-corrected chi connectivity index (χ2v) is 9.26. The standard InChI is InChI=1S/C28H25N3O3S/c1-4-15-30-17-20(21-13-9-10-14-22(21)30)16-23-26(32)31-25(19-11-7-6-8-12-19)24(27(33)34-5-2)18(3)29-28(31)35-23/h4,6-14,16-17,25H,1,5,15H2,2-3H3/b23-16-/t25-/m0/s1. The number of carbonyl (C=O) groups excluding carboxylic acids is 1. The molecule has 176 valence electrons. The molecule has 35 heavy (non-hydrogen) atoms. The molecule has 0 radical (unpaired) electrons. The average molecular weight is 484 g/mol. The van der Waals surface area contributed by atoms with Gasteiger partial charge in [-0.05, 0) is 31.6 Å². The fourth-order valence-electron chi connectivity index (χ4n) is 4.56. The van der Waals surface area contributed by atoms with Gasteiger partial charge in [-0.3, -0.25) is 9.36 Å². The van der Waals surface area contributed by atoms with Gasteiger partial charge in [0.1, 0.15) is 0 Å².